The molecule has 0 N–H and O–H groups in total. The van der Waals surface area contributed by atoms with Crippen LogP contribution >= 0.6 is 0 Å². The molecule has 0 saturated carbocycles. The van der Waals surface area contributed by atoms with Crippen molar-refractivity contribution in [2.24, 2.45) is 0 Å². The Kier molecular flexibility index (Phi) is 6.37. The molecular formula is C16H21NO3. The van der Waals surface area contributed by atoms with Gasteiger partial charge in [0.25, 0.3) is 0 Å². The lowest BCUT2D eigenvalue weighted by atomic mass is 10.1. The Balaban J connectivity index is 3.01. The molecule has 0 unspecified atom stereocenters. The molecule has 0 bridgehead atoms. The smallest absolute Gasteiger partial charge is 0.250 e. The normalized spacial score (nSPS) is 11.0. The van der Waals surface area contributed by atoms with Crippen LogP contribution in [0.5, 0.6) is 11.5 Å². The average Bonchev–Trinajstić information content (AvgIpc) is 2.47. The average molecular weight is 275 g/mol. The third-order valence-electron chi connectivity index (χ3n) is 2.76. The molecule has 1 amide bonds. The van der Waals surface area contributed by atoms with Crippen molar-refractivity contribution in [3.8, 4) is 11.5 Å². The summed E-state index contributed by atoms with van der Waals surface area (Å²) in [5.41, 5.74) is 0.921. The Labute approximate surface area is 120 Å². The maximum absolute atomic E-state index is 12.0. The van der Waals surface area contributed by atoms with E-state index in [1.165, 1.54) is 6.08 Å². The van der Waals surface area contributed by atoms with Crippen molar-refractivity contribution >= 4 is 5.91 Å². The minimum atomic E-state index is -0.0662. The standard InChI is InChI=1S/C16H21NO3/c1-5-7-16(18)17(10-6-2)12-13-8-9-14(19-3)11-15(13)20-4/h5-11H,12H2,1-4H3/b7-5+,10-6+. The molecule has 108 valence electrons. The van der Waals surface area contributed by atoms with Crippen LogP contribution in [0.25, 0.3) is 0 Å². The number of hydrogen-bond donors (Lipinski definition) is 0. The van der Waals surface area contributed by atoms with E-state index in [1.54, 1.807) is 31.4 Å². The van der Waals surface area contributed by atoms with Gasteiger partial charge in [-0.2, -0.15) is 0 Å². The van der Waals surface area contributed by atoms with Crippen LogP contribution in [0.2, 0.25) is 0 Å². The van der Waals surface area contributed by atoms with E-state index in [1.807, 2.05) is 38.1 Å². The van der Waals surface area contributed by atoms with E-state index in [9.17, 15) is 4.79 Å². The Morgan fingerprint density at radius 3 is 2.50 bits per heavy atom. The van der Waals surface area contributed by atoms with E-state index in [0.29, 0.717) is 12.3 Å². The van der Waals surface area contributed by atoms with Crippen molar-refractivity contribution in [1.29, 1.82) is 0 Å². The van der Waals surface area contributed by atoms with Crippen LogP contribution in [0, 0.1) is 0 Å². The molecule has 20 heavy (non-hydrogen) atoms. The number of nitrogens with zero attached hydrogens (tertiary/aromatic N) is 1. The van der Waals surface area contributed by atoms with Crippen LogP contribution in [-0.2, 0) is 11.3 Å². The molecular weight excluding hydrogens is 254 g/mol. The maximum Gasteiger partial charge on any atom is 0.250 e. The summed E-state index contributed by atoms with van der Waals surface area (Å²) in [4.78, 5) is 13.6. The lowest BCUT2D eigenvalue weighted by Crippen LogP contribution is -2.23. The van der Waals surface area contributed by atoms with E-state index in [-0.39, 0.29) is 5.91 Å². The van der Waals surface area contributed by atoms with E-state index < -0.39 is 0 Å². The van der Waals surface area contributed by atoms with Crippen LogP contribution in [0.3, 0.4) is 0 Å². The number of allylic oxidation sites excluding steroid dienone is 2. The van der Waals surface area contributed by atoms with Crippen LogP contribution < -0.4 is 9.47 Å². The van der Waals surface area contributed by atoms with Crippen molar-refractivity contribution in [3.05, 3.63) is 48.2 Å². The number of carbonyl (C=O) groups excluding carboxylic acids is 1. The molecule has 4 nitrogen and oxygen atoms in total. The molecule has 0 aliphatic rings. The zero-order valence-corrected chi connectivity index (χ0v) is 12.4. The number of rotatable bonds is 6. The molecule has 0 aromatic heterocycles. The number of hydrogen-bond acceptors (Lipinski definition) is 3. The Morgan fingerprint density at radius 2 is 1.95 bits per heavy atom. The minimum Gasteiger partial charge on any atom is -0.497 e. The molecule has 1 aromatic rings. The third-order valence-corrected chi connectivity index (χ3v) is 2.76. The lowest BCUT2D eigenvalue weighted by molar-refractivity contribution is -0.124. The summed E-state index contributed by atoms with van der Waals surface area (Å²) < 4.78 is 10.5. The molecule has 0 spiro atoms. The first kappa shape index (κ1) is 15.8. The van der Waals surface area contributed by atoms with Gasteiger partial charge in [0.05, 0.1) is 20.8 Å². The summed E-state index contributed by atoms with van der Waals surface area (Å²) in [6.45, 7) is 4.14. The molecule has 0 aliphatic heterocycles. The Hall–Kier alpha value is -2.23. The van der Waals surface area contributed by atoms with Gasteiger partial charge in [-0.15, -0.1) is 0 Å². The highest BCUT2D eigenvalue weighted by Gasteiger charge is 2.12. The largest absolute Gasteiger partial charge is 0.497 e. The van der Waals surface area contributed by atoms with Gasteiger partial charge in [0, 0.05) is 17.8 Å². The van der Waals surface area contributed by atoms with Crippen molar-refractivity contribution < 1.29 is 14.3 Å². The van der Waals surface area contributed by atoms with Gasteiger partial charge in [0.15, 0.2) is 0 Å². The molecule has 0 fully saturated rings. The number of ether oxygens (including phenoxy) is 2. The molecule has 0 saturated heterocycles. The van der Waals surface area contributed by atoms with Crippen LogP contribution in [0.15, 0.2) is 42.6 Å². The summed E-state index contributed by atoms with van der Waals surface area (Å²) in [5, 5.41) is 0. The van der Waals surface area contributed by atoms with Crippen molar-refractivity contribution in [1.82, 2.24) is 4.90 Å². The second-order valence-electron chi connectivity index (χ2n) is 4.13. The second-order valence-corrected chi connectivity index (χ2v) is 4.13. The first-order chi connectivity index (χ1) is 9.65. The van der Waals surface area contributed by atoms with Gasteiger partial charge in [-0.05, 0) is 32.1 Å². The molecule has 1 rings (SSSR count). The summed E-state index contributed by atoms with van der Waals surface area (Å²) in [5.74, 6) is 1.36. The highest BCUT2D eigenvalue weighted by Crippen LogP contribution is 2.25. The summed E-state index contributed by atoms with van der Waals surface area (Å²) in [6, 6.07) is 5.56. The fraction of sp³-hybridized carbons (Fsp3) is 0.312. The van der Waals surface area contributed by atoms with E-state index in [2.05, 4.69) is 0 Å². The molecule has 0 heterocycles. The van der Waals surface area contributed by atoms with E-state index in [4.69, 9.17) is 9.47 Å². The summed E-state index contributed by atoms with van der Waals surface area (Å²) >= 11 is 0. The minimum absolute atomic E-state index is 0.0662. The molecule has 4 heteroatoms. The predicted molar refractivity (Wildman–Crippen MR) is 79.7 cm³/mol. The first-order valence-electron chi connectivity index (χ1n) is 6.43. The summed E-state index contributed by atoms with van der Waals surface area (Å²) in [7, 11) is 3.21. The van der Waals surface area contributed by atoms with Crippen molar-refractivity contribution in [2.45, 2.75) is 20.4 Å². The van der Waals surface area contributed by atoms with Gasteiger partial charge in [-0.1, -0.05) is 12.2 Å². The zero-order valence-electron chi connectivity index (χ0n) is 12.4. The fourth-order valence-electron chi connectivity index (χ4n) is 1.79. The molecule has 0 atom stereocenters. The predicted octanol–water partition coefficient (Wildman–Crippen LogP) is 3.14. The molecule has 0 radical (unpaired) electrons. The van der Waals surface area contributed by atoms with Gasteiger partial charge in [-0.3, -0.25) is 4.79 Å². The summed E-state index contributed by atoms with van der Waals surface area (Å²) in [6.07, 6.45) is 6.85. The molecule has 0 aliphatic carbocycles. The highest BCUT2D eigenvalue weighted by atomic mass is 16.5. The number of benzene rings is 1. The van der Waals surface area contributed by atoms with Gasteiger partial charge in [0.2, 0.25) is 5.91 Å². The SMILES string of the molecule is C/C=C/C(=O)N(/C=C/C)Cc1ccc(OC)cc1OC. The second kappa shape index (κ2) is 8.04. The number of amides is 1. The maximum atomic E-state index is 12.0. The van der Waals surface area contributed by atoms with Crippen LogP contribution in [0.1, 0.15) is 19.4 Å². The van der Waals surface area contributed by atoms with E-state index in [0.717, 1.165) is 11.3 Å². The highest BCUT2D eigenvalue weighted by molar-refractivity contribution is 5.88. The van der Waals surface area contributed by atoms with Crippen molar-refractivity contribution in [3.63, 3.8) is 0 Å². The van der Waals surface area contributed by atoms with Gasteiger partial charge < -0.3 is 14.4 Å². The van der Waals surface area contributed by atoms with Gasteiger partial charge >= 0.3 is 0 Å². The van der Waals surface area contributed by atoms with Crippen LogP contribution in [0.4, 0.5) is 0 Å². The van der Waals surface area contributed by atoms with E-state index >= 15 is 0 Å². The number of methoxy groups -OCH3 is 2. The number of carbonyl (C=O) groups is 1. The molecule has 1 aromatic carbocycles. The van der Waals surface area contributed by atoms with Crippen LogP contribution in [-0.4, -0.2) is 25.0 Å². The topological polar surface area (TPSA) is 38.8 Å². The zero-order chi connectivity index (χ0) is 15.0. The fourth-order valence-corrected chi connectivity index (χ4v) is 1.79. The van der Waals surface area contributed by atoms with Gasteiger partial charge in [0.1, 0.15) is 11.5 Å². The monoisotopic (exact) mass is 275 g/mol. The Morgan fingerprint density at radius 1 is 1.20 bits per heavy atom. The Bertz CT molecular complexity index is 506. The lowest BCUT2D eigenvalue weighted by Gasteiger charge is -2.18. The quantitative estimate of drug-likeness (QED) is 0.749. The van der Waals surface area contributed by atoms with Crippen molar-refractivity contribution in [2.75, 3.05) is 14.2 Å². The van der Waals surface area contributed by atoms with Gasteiger partial charge in [-0.25, -0.2) is 0 Å². The third kappa shape index (κ3) is 4.16. The first-order valence-corrected chi connectivity index (χ1v) is 6.43.